The molecule has 0 spiro atoms. The SMILES string of the molecule is CN(C)c1ccc(-c2cc(C#N)nn2-c2cccc(Cl)c2)cc1. The molecule has 0 saturated heterocycles. The molecule has 0 aliphatic rings. The Morgan fingerprint density at radius 1 is 1.09 bits per heavy atom. The number of benzene rings is 2. The van der Waals surface area contributed by atoms with Crippen LogP contribution < -0.4 is 4.90 Å². The molecule has 114 valence electrons. The second-order valence-electron chi connectivity index (χ2n) is 5.36. The number of hydrogen-bond acceptors (Lipinski definition) is 3. The van der Waals surface area contributed by atoms with E-state index in [-0.39, 0.29) is 0 Å². The Morgan fingerprint density at radius 2 is 1.83 bits per heavy atom. The molecule has 3 rings (SSSR count). The highest BCUT2D eigenvalue weighted by molar-refractivity contribution is 6.30. The van der Waals surface area contributed by atoms with Crippen molar-refractivity contribution in [2.45, 2.75) is 0 Å². The molecular weight excluding hydrogens is 308 g/mol. The van der Waals surface area contributed by atoms with E-state index in [1.54, 1.807) is 10.7 Å². The average molecular weight is 323 g/mol. The van der Waals surface area contributed by atoms with Crippen LogP contribution in [0.3, 0.4) is 0 Å². The van der Waals surface area contributed by atoms with Crippen molar-refractivity contribution in [2.24, 2.45) is 0 Å². The van der Waals surface area contributed by atoms with Gasteiger partial charge in [0.2, 0.25) is 0 Å². The minimum absolute atomic E-state index is 0.372. The largest absolute Gasteiger partial charge is 0.378 e. The minimum Gasteiger partial charge on any atom is -0.378 e. The Labute approximate surface area is 140 Å². The first-order valence-electron chi connectivity index (χ1n) is 7.12. The van der Waals surface area contributed by atoms with E-state index in [1.807, 2.05) is 67.5 Å². The fraction of sp³-hybridized carbons (Fsp3) is 0.111. The maximum Gasteiger partial charge on any atom is 0.163 e. The third-order valence-corrected chi connectivity index (χ3v) is 3.79. The van der Waals surface area contributed by atoms with Gasteiger partial charge in [0.05, 0.1) is 11.4 Å². The van der Waals surface area contributed by atoms with E-state index in [1.165, 1.54) is 0 Å². The van der Waals surface area contributed by atoms with Gasteiger partial charge in [-0.15, -0.1) is 0 Å². The second kappa shape index (κ2) is 6.15. The Balaban J connectivity index is 2.12. The van der Waals surface area contributed by atoms with Crippen LogP contribution in [0, 0.1) is 11.3 Å². The number of hydrogen-bond donors (Lipinski definition) is 0. The predicted molar refractivity (Wildman–Crippen MR) is 93.1 cm³/mol. The quantitative estimate of drug-likeness (QED) is 0.728. The number of aromatic nitrogens is 2. The lowest BCUT2D eigenvalue weighted by Crippen LogP contribution is -2.08. The van der Waals surface area contributed by atoms with Gasteiger partial charge in [0, 0.05) is 36.4 Å². The smallest absolute Gasteiger partial charge is 0.163 e. The van der Waals surface area contributed by atoms with Crippen molar-refractivity contribution in [1.82, 2.24) is 9.78 Å². The summed E-state index contributed by atoms with van der Waals surface area (Å²) in [4.78, 5) is 2.04. The van der Waals surface area contributed by atoms with E-state index >= 15 is 0 Å². The molecule has 2 aromatic carbocycles. The number of rotatable bonds is 3. The summed E-state index contributed by atoms with van der Waals surface area (Å²) in [5.41, 5.74) is 4.16. The maximum absolute atomic E-state index is 9.18. The number of anilines is 1. The summed E-state index contributed by atoms with van der Waals surface area (Å²) in [7, 11) is 4.00. The summed E-state index contributed by atoms with van der Waals surface area (Å²) in [6.45, 7) is 0. The van der Waals surface area contributed by atoms with E-state index < -0.39 is 0 Å². The van der Waals surface area contributed by atoms with E-state index in [9.17, 15) is 5.26 Å². The van der Waals surface area contributed by atoms with Gasteiger partial charge in [-0.25, -0.2) is 4.68 Å². The first-order chi connectivity index (χ1) is 11.1. The van der Waals surface area contributed by atoms with Crippen LogP contribution in [0.15, 0.2) is 54.6 Å². The van der Waals surface area contributed by atoms with Crippen LogP contribution in [-0.2, 0) is 0 Å². The molecule has 0 amide bonds. The van der Waals surface area contributed by atoms with E-state index in [4.69, 9.17) is 11.6 Å². The molecule has 0 N–H and O–H groups in total. The zero-order valence-corrected chi connectivity index (χ0v) is 13.6. The molecule has 1 aromatic heterocycles. The van der Waals surface area contributed by atoms with Crippen LogP contribution in [0.5, 0.6) is 0 Å². The second-order valence-corrected chi connectivity index (χ2v) is 5.80. The van der Waals surface area contributed by atoms with Gasteiger partial charge < -0.3 is 4.90 Å². The van der Waals surface area contributed by atoms with E-state index in [0.29, 0.717) is 10.7 Å². The van der Waals surface area contributed by atoms with Gasteiger partial charge in [0.15, 0.2) is 5.69 Å². The lowest BCUT2D eigenvalue weighted by atomic mass is 10.1. The fourth-order valence-corrected chi connectivity index (χ4v) is 2.56. The third-order valence-electron chi connectivity index (χ3n) is 3.56. The predicted octanol–water partition coefficient (Wildman–Crippen LogP) is 4.13. The summed E-state index contributed by atoms with van der Waals surface area (Å²) in [6, 6.07) is 19.4. The summed E-state index contributed by atoms with van der Waals surface area (Å²) < 4.78 is 1.75. The molecule has 0 atom stereocenters. The van der Waals surface area contributed by atoms with Crippen molar-refractivity contribution in [2.75, 3.05) is 19.0 Å². The van der Waals surface area contributed by atoms with E-state index in [2.05, 4.69) is 11.2 Å². The number of halogens is 1. The zero-order valence-electron chi connectivity index (χ0n) is 12.9. The molecule has 0 fully saturated rings. The molecule has 0 aliphatic heterocycles. The van der Waals surface area contributed by atoms with Crippen LogP contribution in [0.1, 0.15) is 5.69 Å². The van der Waals surface area contributed by atoms with E-state index in [0.717, 1.165) is 22.6 Å². The Morgan fingerprint density at radius 3 is 2.43 bits per heavy atom. The molecule has 5 heteroatoms. The molecule has 0 aliphatic carbocycles. The minimum atomic E-state index is 0.372. The molecule has 4 nitrogen and oxygen atoms in total. The first-order valence-corrected chi connectivity index (χ1v) is 7.50. The summed E-state index contributed by atoms with van der Waals surface area (Å²) in [5.74, 6) is 0. The molecule has 3 aromatic rings. The molecule has 0 radical (unpaired) electrons. The lowest BCUT2D eigenvalue weighted by Gasteiger charge is -2.13. The Kier molecular flexibility index (Phi) is 4.05. The Hall–Kier alpha value is -2.77. The van der Waals surface area contributed by atoms with Crippen LogP contribution >= 0.6 is 11.6 Å². The normalized spacial score (nSPS) is 10.3. The highest BCUT2D eigenvalue weighted by Gasteiger charge is 2.12. The first kappa shape index (κ1) is 15.1. The lowest BCUT2D eigenvalue weighted by molar-refractivity contribution is 0.880. The fourth-order valence-electron chi connectivity index (χ4n) is 2.38. The zero-order chi connectivity index (χ0) is 16.4. The van der Waals surface area contributed by atoms with Crippen LogP contribution in [-0.4, -0.2) is 23.9 Å². The highest BCUT2D eigenvalue weighted by atomic mass is 35.5. The van der Waals surface area contributed by atoms with Gasteiger partial charge in [0.1, 0.15) is 6.07 Å². The van der Waals surface area contributed by atoms with Crippen molar-refractivity contribution in [3.05, 3.63) is 65.3 Å². The van der Waals surface area contributed by atoms with Gasteiger partial charge in [-0.3, -0.25) is 0 Å². The molecular formula is C18H15ClN4. The van der Waals surface area contributed by atoms with Gasteiger partial charge in [-0.1, -0.05) is 29.8 Å². The van der Waals surface area contributed by atoms with Gasteiger partial charge in [-0.05, 0) is 30.3 Å². The molecule has 0 unspecified atom stereocenters. The van der Waals surface area contributed by atoms with Crippen molar-refractivity contribution in [3.8, 4) is 23.0 Å². The number of nitrogens with zero attached hydrogens (tertiary/aromatic N) is 4. The van der Waals surface area contributed by atoms with Crippen molar-refractivity contribution in [3.63, 3.8) is 0 Å². The molecule has 1 heterocycles. The molecule has 0 saturated carbocycles. The summed E-state index contributed by atoms with van der Waals surface area (Å²) in [6.07, 6.45) is 0. The standard InChI is InChI=1S/C18H15ClN4/c1-22(2)16-8-6-13(7-9-16)18-11-15(12-20)21-23(18)17-5-3-4-14(19)10-17/h3-11H,1-2H3. The van der Waals surface area contributed by atoms with Crippen molar-refractivity contribution >= 4 is 17.3 Å². The van der Waals surface area contributed by atoms with Crippen LogP contribution in [0.2, 0.25) is 5.02 Å². The summed E-state index contributed by atoms with van der Waals surface area (Å²) in [5, 5.41) is 14.2. The molecule has 0 bridgehead atoms. The third kappa shape index (κ3) is 3.05. The van der Waals surface area contributed by atoms with Crippen molar-refractivity contribution in [1.29, 1.82) is 5.26 Å². The average Bonchev–Trinajstić information content (AvgIpc) is 2.99. The summed E-state index contributed by atoms with van der Waals surface area (Å²) >= 11 is 6.08. The topological polar surface area (TPSA) is 44.9 Å². The highest BCUT2D eigenvalue weighted by Crippen LogP contribution is 2.26. The van der Waals surface area contributed by atoms with Gasteiger partial charge in [0.25, 0.3) is 0 Å². The van der Waals surface area contributed by atoms with Gasteiger partial charge >= 0.3 is 0 Å². The van der Waals surface area contributed by atoms with Gasteiger partial charge in [-0.2, -0.15) is 10.4 Å². The Bertz CT molecular complexity index is 873. The van der Waals surface area contributed by atoms with Crippen LogP contribution in [0.25, 0.3) is 16.9 Å². The van der Waals surface area contributed by atoms with Crippen LogP contribution in [0.4, 0.5) is 5.69 Å². The monoisotopic (exact) mass is 322 g/mol. The number of nitriles is 1. The molecule has 23 heavy (non-hydrogen) atoms. The maximum atomic E-state index is 9.18. The van der Waals surface area contributed by atoms with Crippen molar-refractivity contribution < 1.29 is 0 Å².